The lowest BCUT2D eigenvalue weighted by Crippen LogP contribution is -2.21. The Bertz CT molecular complexity index is 607. The van der Waals surface area contributed by atoms with E-state index >= 15 is 0 Å². The topological polar surface area (TPSA) is 21.3 Å². The molecule has 0 saturated carbocycles. The highest BCUT2D eigenvalue weighted by atomic mass is 35.5. The zero-order valence-corrected chi connectivity index (χ0v) is 14.6. The lowest BCUT2D eigenvalue weighted by Gasteiger charge is -2.09. The van der Waals surface area contributed by atoms with E-state index < -0.39 is 0 Å². The molecule has 0 aliphatic carbocycles. The molecule has 0 atom stereocenters. The van der Waals surface area contributed by atoms with Crippen LogP contribution in [0.3, 0.4) is 0 Å². The molecule has 0 aliphatic heterocycles. The van der Waals surface area contributed by atoms with Crippen LogP contribution in [0.5, 0.6) is 5.75 Å². The van der Waals surface area contributed by atoms with Crippen molar-refractivity contribution < 1.29 is 4.74 Å². The summed E-state index contributed by atoms with van der Waals surface area (Å²) in [6, 6.07) is 8.47. The van der Waals surface area contributed by atoms with Crippen LogP contribution in [0.15, 0.2) is 24.3 Å². The molecular formula is C17H22ClNOS. The van der Waals surface area contributed by atoms with Gasteiger partial charge in [0.15, 0.2) is 0 Å². The third-order valence-electron chi connectivity index (χ3n) is 3.29. The molecule has 1 aromatic heterocycles. The highest BCUT2D eigenvalue weighted by Crippen LogP contribution is 2.26. The normalized spacial score (nSPS) is 11.1. The molecule has 0 aliphatic rings. The first kappa shape index (κ1) is 16.3. The maximum atomic E-state index is 6.02. The molecule has 0 unspecified atom stereocenters. The van der Waals surface area contributed by atoms with Gasteiger partial charge in [0.2, 0.25) is 0 Å². The Morgan fingerprint density at radius 2 is 2.00 bits per heavy atom. The van der Waals surface area contributed by atoms with E-state index in [0.29, 0.717) is 17.7 Å². The molecule has 0 bridgehead atoms. The van der Waals surface area contributed by atoms with Crippen LogP contribution in [0.4, 0.5) is 0 Å². The van der Waals surface area contributed by atoms with Gasteiger partial charge in [0.1, 0.15) is 12.4 Å². The Morgan fingerprint density at radius 1 is 1.24 bits per heavy atom. The van der Waals surface area contributed by atoms with Gasteiger partial charge in [-0.1, -0.05) is 31.5 Å². The molecule has 0 fully saturated rings. The van der Waals surface area contributed by atoms with E-state index in [1.165, 1.54) is 15.3 Å². The van der Waals surface area contributed by atoms with E-state index in [9.17, 15) is 0 Å². The molecule has 0 amide bonds. The molecule has 21 heavy (non-hydrogen) atoms. The molecule has 0 saturated heterocycles. The molecule has 2 nitrogen and oxygen atoms in total. The maximum Gasteiger partial charge on any atom is 0.124 e. The van der Waals surface area contributed by atoms with Gasteiger partial charge in [-0.05, 0) is 37.6 Å². The monoisotopic (exact) mass is 323 g/mol. The van der Waals surface area contributed by atoms with Crippen LogP contribution in [0.2, 0.25) is 5.02 Å². The van der Waals surface area contributed by atoms with Crippen molar-refractivity contribution in [3.05, 3.63) is 50.2 Å². The molecule has 2 rings (SSSR count). The summed E-state index contributed by atoms with van der Waals surface area (Å²) in [6.45, 7) is 10.0. The van der Waals surface area contributed by atoms with Crippen molar-refractivity contribution in [1.82, 2.24) is 5.32 Å². The lowest BCUT2D eigenvalue weighted by atomic mass is 10.2. The van der Waals surface area contributed by atoms with Gasteiger partial charge in [-0.2, -0.15) is 0 Å². The van der Waals surface area contributed by atoms with Crippen molar-refractivity contribution in [3.63, 3.8) is 0 Å². The largest absolute Gasteiger partial charge is 0.489 e. The standard InChI is InChI=1S/C17H22ClNOS/c1-11(2)19-9-16-7-14(13(4)21-16)10-20-17-8-15(18)6-5-12(17)3/h5-8,11,19H,9-10H2,1-4H3. The number of hydrogen-bond donors (Lipinski definition) is 1. The maximum absolute atomic E-state index is 6.02. The minimum absolute atomic E-state index is 0.501. The van der Waals surface area contributed by atoms with E-state index in [1.54, 1.807) is 0 Å². The van der Waals surface area contributed by atoms with E-state index in [0.717, 1.165) is 17.9 Å². The predicted octanol–water partition coefficient (Wildman–Crippen LogP) is 5.10. The summed E-state index contributed by atoms with van der Waals surface area (Å²) in [7, 11) is 0. The fourth-order valence-electron chi connectivity index (χ4n) is 2.01. The van der Waals surface area contributed by atoms with Crippen molar-refractivity contribution >= 4 is 22.9 Å². The number of aryl methyl sites for hydroxylation is 2. The van der Waals surface area contributed by atoms with Crippen LogP contribution in [0.25, 0.3) is 0 Å². The molecule has 0 radical (unpaired) electrons. The number of ether oxygens (including phenoxy) is 1. The van der Waals surface area contributed by atoms with Gasteiger partial charge >= 0.3 is 0 Å². The summed E-state index contributed by atoms with van der Waals surface area (Å²) in [5.41, 5.74) is 2.36. The second-order valence-electron chi connectivity index (χ2n) is 5.53. The SMILES string of the molecule is Cc1ccc(Cl)cc1OCc1cc(CNC(C)C)sc1C. The van der Waals surface area contributed by atoms with Crippen molar-refractivity contribution in [1.29, 1.82) is 0 Å². The molecule has 2 aromatic rings. The van der Waals surface area contributed by atoms with Crippen molar-refractivity contribution in [2.75, 3.05) is 0 Å². The van der Waals surface area contributed by atoms with Crippen LogP contribution < -0.4 is 10.1 Å². The Hall–Kier alpha value is -1.03. The van der Waals surface area contributed by atoms with Crippen LogP contribution in [-0.2, 0) is 13.2 Å². The molecule has 0 spiro atoms. The second-order valence-corrected chi connectivity index (χ2v) is 7.31. The Morgan fingerprint density at radius 3 is 2.71 bits per heavy atom. The highest BCUT2D eigenvalue weighted by molar-refractivity contribution is 7.12. The number of rotatable bonds is 6. The summed E-state index contributed by atoms with van der Waals surface area (Å²) in [4.78, 5) is 2.66. The first-order valence-electron chi connectivity index (χ1n) is 7.16. The molecular weight excluding hydrogens is 302 g/mol. The first-order chi connectivity index (χ1) is 9.95. The first-order valence-corrected chi connectivity index (χ1v) is 8.35. The number of thiophene rings is 1. The van der Waals surface area contributed by atoms with Gasteiger partial charge < -0.3 is 10.1 Å². The quantitative estimate of drug-likeness (QED) is 0.799. The van der Waals surface area contributed by atoms with E-state index in [-0.39, 0.29) is 0 Å². The summed E-state index contributed by atoms with van der Waals surface area (Å²) in [5.74, 6) is 0.856. The van der Waals surface area contributed by atoms with Gasteiger partial charge in [-0.3, -0.25) is 0 Å². The summed E-state index contributed by atoms with van der Waals surface area (Å²) < 4.78 is 5.93. The van der Waals surface area contributed by atoms with Gasteiger partial charge in [0.25, 0.3) is 0 Å². The van der Waals surface area contributed by atoms with Gasteiger partial charge in [0.05, 0.1) is 0 Å². The van der Waals surface area contributed by atoms with Gasteiger partial charge in [-0.15, -0.1) is 11.3 Å². The minimum atomic E-state index is 0.501. The fourth-order valence-corrected chi connectivity index (χ4v) is 3.17. The van der Waals surface area contributed by atoms with Crippen LogP contribution in [-0.4, -0.2) is 6.04 Å². The summed E-state index contributed by atoms with van der Waals surface area (Å²) in [5, 5.41) is 4.15. The van der Waals surface area contributed by atoms with Gasteiger partial charge in [-0.25, -0.2) is 0 Å². The van der Waals surface area contributed by atoms with Gasteiger partial charge in [0, 0.05) is 32.9 Å². The zero-order valence-electron chi connectivity index (χ0n) is 13.0. The molecule has 114 valence electrons. The smallest absolute Gasteiger partial charge is 0.124 e. The summed E-state index contributed by atoms with van der Waals surface area (Å²) >= 11 is 7.85. The average molecular weight is 324 g/mol. The summed E-state index contributed by atoms with van der Waals surface area (Å²) in [6.07, 6.45) is 0. The Kier molecular flexibility index (Phi) is 5.68. The van der Waals surface area contributed by atoms with E-state index in [4.69, 9.17) is 16.3 Å². The lowest BCUT2D eigenvalue weighted by molar-refractivity contribution is 0.304. The van der Waals surface area contributed by atoms with Crippen molar-refractivity contribution in [2.45, 2.75) is 46.9 Å². The fraction of sp³-hybridized carbons (Fsp3) is 0.412. The third-order valence-corrected chi connectivity index (χ3v) is 4.62. The van der Waals surface area contributed by atoms with E-state index in [2.05, 4.69) is 32.2 Å². The minimum Gasteiger partial charge on any atom is -0.489 e. The molecule has 1 N–H and O–H groups in total. The number of hydrogen-bond acceptors (Lipinski definition) is 3. The number of nitrogens with one attached hydrogen (secondary N) is 1. The van der Waals surface area contributed by atoms with Crippen molar-refractivity contribution in [2.24, 2.45) is 0 Å². The number of halogens is 1. The second kappa shape index (κ2) is 7.30. The highest BCUT2D eigenvalue weighted by Gasteiger charge is 2.08. The predicted molar refractivity (Wildman–Crippen MR) is 91.6 cm³/mol. The van der Waals surface area contributed by atoms with Crippen LogP contribution in [0.1, 0.15) is 34.7 Å². The number of benzene rings is 1. The zero-order chi connectivity index (χ0) is 15.4. The van der Waals surface area contributed by atoms with Crippen LogP contribution >= 0.6 is 22.9 Å². The molecule has 4 heteroatoms. The average Bonchev–Trinajstić information content (AvgIpc) is 2.78. The van der Waals surface area contributed by atoms with E-state index in [1.807, 2.05) is 36.5 Å². The Labute approximate surface area is 136 Å². The third kappa shape index (κ3) is 4.73. The molecule has 1 aromatic carbocycles. The molecule has 1 heterocycles. The van der Waals surface area contributed by atoms with Crippen molar-refractivity contribution in [3.8, 4) is 5.75 Å². The Balaban J connectivity index is 2.01. The van der Waals surface area contributed by atoms with Crippen LogP contribution in [0, 0.1) is 13.8 Å².